The van der Waals surface area contributed by atoms with E-state index in [2.05, 4.69) is 11.4 Å². The van der Waals surface area contributed by atoms with Gasteiger partial charge in [0.05, 0.1) is 6.07 Å². The summed E-state index contributed by atoms with van der Waals surface area (Å²) in [6.07, 6.45) is 2.95. The molecule has 0 radical (unpaired) electrons. The van der Waals surface area contributed by atoms with Gasteiger partial charge < -0.3 is 0 Å². The summed E-state index contributed by atoms with van der Waals surface area (Å²) in [5, 5.41) is 12.3. The summed E-state index contributed by atoms with van der Waals surface area (Å²) in [6.45, 7) is 5.14. The molecule has 0 saturated carbocycles. The third kappa shape index (κ3) is 3.81. The minimum atomic E-state index is -0.568. The van der Waals surface area contributed by atoms with Crippen LogP contribution in [0.4, 0.5) is 0 Å². The Labute approximate surface area is 108 Å². The van der Waals surface area contributed by atoms with Gasteiger partial charge in [-0.15, -0.1) is 0 Å². The monoisotopic (exact) mass is 251 g/mol. The Kier molecular flexibility index (Phi) is 5.29. The first-order valence-corrected chi connectivity index (χ1v) is 6.52. The molecule has 1 heterocycles. The van der Waals surface area contributed by atoms with Crippen LogP contribution in [0.15, 0.2) is 0 Å². The molecule has 1 fully saturated rings. The smallest absolute Gasteiger partial charge is 0.229 e. The first-order valence-electron chi connectivity index (χ1n) is 6.52. The Balaban J connectivity index is 2.38. The second kappa shape index (κ2) is 6.50. The van der Waals surface area contributed by atoms with Crippen LogP contribution in [0.25, 0.3) is 0 Å². The summed E-state index contributed by atoms with van der Waals surface area (Å²) in [6, 6.07) is 2.26. The summed E-state index contributed by atoms with van der Waals surface area (Å²) in [5.74, 6) is -0.166. The first kappa shape index (κ1) is 14.7. The second-order valence-electron chi connectivity index (χ2n) is 4.91. The number of hydrogen-bond donors (Lipinski definition) is 1. The highest BCUT2D eigenvalue weighted by Gasteiger charge is 2.29. The predicted molar refractivity (Wildman–Crippen MR) is 67.5 cm³/mol. The van der Waals surface area contributed by atoms with Gasteiger partial charge in [0, 0.05) is 19.4 Å². The van der Waals surface area contributed by atoms with Gasteiger partial charge in [-0.3, -0.25) is 19.8 Å². The van der Waals surface area contributed by atoms with Crippen molar-refractivity contribution in [1.29, 1.82) is 5.26 Å². The maximum absolute atomic E-state index is 11.4. The van der Waals surface area contributed by atoms with Crippen molar-refractivity contribution < 1.29 is 9.59 Å². The molecule has 0 aliphatic carbocycles. The predicted octanol–water partition coefficient (Wildman–Crippen LogP) is 1.20. The average Bonchev–Trinajstić information content (AvgIpc) is 2.68. The van der Waals surface area contributed by atoms with Gasteiger partial charge in [0.25, 0.3) is 0 Å². The Morgan fingerprint density at radius 2 is 2.00 bits per heavy atom. The number of amides is 2. The van der Waals surface area contributed by atoms with Crippen LogP contribution in [0.1, 0.15) is 46.0 Å². The van der Waals surface area contributed by atoms with Crippen LogP contribution in [0.5, 0.6) is 0 Å². The lowest BCUT2D eigenvalue weighted by molar-refractivity contribution is -0.138. The van der Waals surface area contributed by atoms with Crippen LogP contribution < -0.4 is 5.32 Å². The molecule has 5 nitrogen and oxygen atoms in total. The van der Waals surface area contributed by atoms with E-state index in [9.17, 15) is 9.59 Å². The summed E-state index contributed by atoms with van der Waals surface area (Å²) in [4.78, 5) is 24.1. The first-order chi connectivity index (χ1) is 8.52. The van der Waals surface area contributed by atoms with Gasteiger partial charge in [-0.2, -0.15) is 5.26 Å². The Bertz CT molecular complexity index is 346. The van der Waals surface area contributed by atoms with Crippen molar-refractivity contribution in [2.45, 2.75) is 51.5 Å². The van der Waals surface area contributed by atoms with Crippen molar-refractivity contribution in [3.05, 3.63) is 0 Å². The van der Waals surface area contributed by atoms with Gasteiger partial charge in [0.2, 0.25) is 11.8 Å². The Morgan fingerprint density at radius 1 is 1.39 bits per heavy atom. The molecule has 100 valence electrons. The summed E-state index contributed by atoms with van der Waals surface area (Å²) in [7, 11) is 0. The highest BCUT2D eigenvalue weighted by Crippen LogP contribution is 2.16. The third-order valence-electron chi connectivity index (χ3n) is 3.23. The number of nitrogens with zero attached hydrogens (tertiary/aromatic N) is 2. The molecule has 0 aromatic heterocycles. The van der Waals surface area contributed by atoms with E-state index in [1.165, 1.54) is 4.90 Å². The fraction of sp³-hybridized carbons (Fsp3) is 0.769. The van der Waals surface area contributed by atoms with Gasteiger partial charge in [0.1, 0.15) is 5.54 Å². The molecule has 0 aromatic rings. The topological polar surface area (TPSA) is 73.2 Å². The molecular weight excluding hydrogens is 230 g/mol. The minimum Gasteiger partial charge on any atom is -0.300 e. The number of nitrogens with one attached hydrogen (secondary N) is 1. The molecular formula is C13H21N3O2. The maximum Gasteiger partial charge on any atom is 0.229 e. The van der Waals surface area contributed by atoms with Crippen molar-refractivity contribution >= 4 is 11.8 Å². The number of nitriles is 1. The van der Waals surface area contributed by atoms with Gasteiger partial charge in [-0.1, -0.05) is 6.92 Å². The highest BCUT2D eigenvalue weighted by atomic mass is 16.2. The number of imide groups is 1. The zero-order valence-electron chi connectivity index (χ0n) is 11.2. The number of hydrogen-bond acceptors (Lipinski definition) is 4. The molecule has 1 aliphatic rings. The van der Waals surface area contributed by atoms with Crippen molar-refractivity contribution in [1.82, 2.24) is 10.2 Å². The largest absolute Gasteiger partial charge is 0.300 e. The fourth-order valence-electron chi connectivity index (χ4n) is 2.05. The van der Waals surface area contributed by atoms with Crippen molar-refractivity contribution in [2.75, 3.05) is 13.1 Å². The van der Waals surface area contributed by atoms with Crippen molar-refractivity contribution in [3.8, 4) is 6.07 Å². The number of carbonyl (C=O) groups excluding carboxylic acids is 2. The Morgan fingerprint density at radius 3 is 2.50 bits per heavy atom. The van der Waals surface area contributed by atoms with Gasteiger partial charge in [-0.05, 0) is 32.7 Å². The van der Waals surface area contributed by atoms with Crippen molar-refractivity contribution in [2.24, 2.45) is 0 Å². The lowest BCUT2D eigenvalue weighted by atomic mass is 9.97. The van der Waals surface area contributed by atoms with Crippen LogP contribution in [0.3, 0.4) is 0 Å². The van der Waals surface area contributed by atoms with Crippen molar-refractivity contribution in [3.63, 3.8) is 0 Å². The molecule has 0 bridgehead atoms. The van der Waals surface area contributed by atoms with Gasteiger partial charge in [-0.25, -0.2) is 0 Å². The highest BCUT2D eigenvalue weighted by molar-refractivity contribution is 6.01. The van der Waals surface area contributed by atoms with E-state index in [4.69, 9.17) is 5.26 Å². The zero-order valence-corrected chi connectivity index (χ0v) is 11.2. The van der Waals surface area contributed by atoms with E-state index in [1.54, 1.807) is 0 Å². The normalized spacial score (nSPS) is 18.8. The molecule has 1 saturated heterocycles. The molecule has 5 heteroatoms. The lowest BCUT2D eigenvalue weighted by Gasteiger charge is -2.24. The summed E-state index contributed by atoms with van der Waals surface area (Å²) < 4.78 is 0. The molecule has 0 aromatic carbocycles. The van der Waals surface area contributed by atoms with E-state index >= 15 is 0 Å². The van der Waals surface area contributed by atoms with Crippen LogP contribution in [-0.4, -0.2) is 35.3 Å². The minimum absolute atomic E-state index is 0.0832. The van der Waals surface area contributed by atoms with E-state index in [0.717, 1.165) is 13.0 Å². The lowest BCUT2D eigenvalue weighted by Crippen LogP contribution is -2.42. The van der Waals surface area contributed by atoms with Crippen LogP contribution >= 0.6 is 0 Å². The molecule has 1 aliphatic heterocycles. The molecule has 0 spiro atoms. The van der Waals surface area contributed by atoms with Gasteiger partial charge in [0.15, 0.2) is 0 Å². The zero-order chi connectivity index (χ0) is 13.6. The van der Waals surface area contributed by atoms with Crippen LogP contribution in [0, 0.1) is 11.3 Å². The Hall–Kier alpha value is -1.41. The molecule has 1 unspecified atom stereocenters. The van der Waals surface area contributed by atoms with Gasteiger partial charge >= 0.3 is 0 Å². The second-order valence-corrected chi connectivity index (χ2v) is 4.91. The average molecular weight is 251 g/mol. The SMILES string of the molecule is CCCNC(C)(C#N)CCCN1C(=O)CCC1=O. The maximum atomic E-state index is 11.4. The van der Waals surface area contributed by atoms with E-state index in [1.807, 2.05) is 13.8 Å². The molecule has 1 rings (SSSR count). The molecule has 1 atom stereocenters. The standard InChI is InChI=1S/C13H21N3O2/c1-3-8-15-13(2,10-14)7-4-9-16-11(17)5-6-12(16)18/h15H,3-9H2,1-2H3. The summed E-state index contributed by atoms with van der Waals surface area (Å²) in [5.41, 5.74) is -0.568. The molecule has 2 amide bonds. The summed E-state index contributed by atoms with van der Waals surface area (Å²) >= 11 is 0. The van der Waals surface area contributed by atoms with Crippen LogP contribution in [0.2, 0.25) is 0 Å². The van der Waals surface area contributed by atoms with E-state index in [-0.39, 0.29) is 11.8 Å². The number of carbonyl (C=O) groups is 2. The van der Waals surface area contributed by atoms with E-state index < -0.39 is 5.54 Å². The fourth-order valence-corrected chi connectivity index (χ4v) is 2.05. The molecule has 18 heavy (non-hydrogen) atoms. The number of rotatable bonds is 7. The van der Waals surface area contributed by atoms with Crippen LogP contribution in [-0.2, 0) is 9.59 Å². The third-order valence-corrected chi connectivity index (χ3v) is 3.23. The number of likely N-dealkylation sites (tertiary alicyclic amines) is 1. The van der Waals surface area contributed by atoms with E-state index in [0.29, 0.717) is 32.2 Å². The quantitative estimate of drug-likeness (QED) is 0.690. The molecule has 1 N–H and O–H groups in total.